The van der Waals surface area contributed by atoms with Gasteiger partial charge in [-0.3, -0.25) is 0 Å². The van der Waals surface area contributed by atoms with Gasteiger partial charge in [0, 0.05) is 10.0 Å². The molecule has 1 aliphatic heterocycles. The molecule has 0 unspecified atom stereocenters. The third kappa shape index (κ3) is 2.14. The van der Waals surface area contributed by atoms with Gasteiger partial charge in [-0.2, -0.15) is 0 Å². The molecule has 5 heteroatoms. The van der Waals surface area contributed by atoms with E-state index in [9.17, 15) is 0 Å². The monoisotopic (exact) mass is 341 g/mol. The molecule has 0 amide bonds. The van der Waals surface area contributed by atoms with Crippen molar-refractivity contribution >= 4 is 15.9 Å². The molecular weight excluding hydrogens is 330 g/mol. The summed E-state index contributed by atoms with van der Waals surface area (Å²) in [5.41, 5.74) is 4.17. The highest BCUT2D eigenvalue weighted by Gasteiger charge is 2.23. The van der Waals surface area contributed by atoms with Crippen LogP contribution in [0, 0.1) is 0 Å². The molecule has 0 saturated heterocycles. The average molecular weight is 342 g/mol. The zero-order valence-corrected chi connectivity index (χ0v) is 12.7. The second-order valence-electron chi connectivity index (χ2n) is 4.92. The number of aromatic nitrogens is 3. The molecule has 2 heterocycles. The summed E-state index contributed by atoms with van der Waals surface area (Å²) in [5.74, 6) is 0.890. The molecule has 1 aliphatic rings. The summed E-state index contributed by atoms with van der Waals surface area (Å²) < 4.78 is 8.73. The topological polar surface area (TPSA) is 39.9 Å². The molecule has 4 nitrogen and oxygen atoms in total. The quantitative estimate of drug-likeness (QED) is 0.714. The van der Waals surface area contributed by atoms with Gasteiger partial charge < -0.3 is 4.74 Å². The van der Waals surface area contributed by atoms with Crippen LogP contribution in [0.3, 0.4) is 0 Å². The van der Waals surface area contributed by atoms with Gasteiger partial charge in [-0.15, -0.1) is 5.10 Å². The first kappa shape index (κ1) is 12.6. The number of nitrogens with zero attached hydrogens (tertiary/aromatic N) is 3. The first-order valence-electron chi connectivity index (χ1n) is 6.71. The molecule has 0 atom stereocenters. The van der Waals surface area contributed by atoms with Crippen LogP contribution in [0.25, 0.3) is 11.3 Å². The molecule has 0 radical (unpaired) electrons. The van der Waals surface area contributed by atoms with Crippen molar-refractivity contribution in [2.45, 2.75) is 13.2 Å². The van der Waals surface area contributed by atoms with Gasteiger partial charge in [0.1, 0.15) is 18.1 Å². The summed E-state index contributed by atoms with van der Waals surface area (Å²) >= 11 is 3.58. The number of benzene rings is 2. The minimum atomic E-state index is 0.475. The van der Waals surface area contributed by atoms with Crippen molar-refractivity contribution in [2.24, 2.45) is 0 Å². The molecule has 0 bridgehead atoms. The maximum absolute atomic E-state index is 5.71. The number of ether oxygens (including phenoxy) is 1. The smallest absolute Gasteiger partial charge is 0.134 e. The number of halogens is 1. The fourth-order valence-electron chi connectivity index (χ4n) is 2.57. The Kier molecular flexibility index (Phi) is 3.00. The number of para-hydroxylation sites is 1. The summed E-state index contributed by atoms with van der Waals surface area (Å²) in [7, 11) is 0. The second-order valence-corrected chi connectivity index (χ2v) is 5.77. The average Bonchev–Trinajstić information content (AvgIpc) is 2.93. The van der Waals surface area contributed by atoms with E-state index >= 15 is 0 Å². The van der Waals surface area contributed by atoms with Gasteiger partial charge in [0.05, 0.1) is 12.2 Å². The van der Waals surface area contributed by atoms with E-state index in [4.69, 9.17) is 4.74 Å². The van der Waals surface area contributed by atoms with Crippen molar-refractivity contribution in [1.29, 1.82) is 0 Å². The van der Waals surface area contributed by atoms with E-state index in [1.807, 2.05) is 47.1 Å². The Morgan fingerprint density at radius 3 is 2.81 bits per heavy atom. The zero-order chi connectivity index (χ0) is 14.2. The lowest BCUT2D eigenvalue weighted by Crippen LogP contribution is -2.09. The van der Waals surface area contributed by atoms with Crippen molar-refractivity contribution in [3.63, 3.8) is 0 Å². The lowest BCUT2D eigenvalue weighted by molar-refractivity contribution is 0.297. The Balaban J connectivity index is 1.80. The SMILES string of the molecule is Brc1ccccc1Cn1nnc2c1-c1ccccc1OC2. The van der Waals surface area contributed by atoms with Gasteiger partial charge in [0.2, 0.25) is 0 Å². The Hall–Kier alpha value is -2.14. The van der Waals surface area contributed by atoms with Crippen LogP contribution in [0.1, 0.15) is 11.3 Å². The molecule has 21 heavy (non-hydrogen) atoms. The summed E-state index contributed by atoms with van der Waals surface area (Å²) in [5, 5.41) is 8.55. The molecule has 2 aromatic carbocycles. The van der Waals surface area contributed by atoms with Gasteiger partial charge in [0.25, 0.3) is 0 Å². The Labute approximate surface area is 130 Å². The van der Waals surface area contributed by atoms with Crippen LogP contribution in [0.4, 0.5) is 0 Å². The second kappa shape index (κ2) is 5.00. The third-order valence-corrected chi connectivity index (χ3v) is 4.36. The highest BCUT2D eigenvalue weighted by molar-refractivity contribution is 9.10. The Bertz CT molecular complexity index is 813. The highest BCUT2D eigenvalue weighted by Crippen LogP contribution is 2.36. The van der Waals surface area contributed by atoms with Crippen LogP contribution in [-0.4, -0.2) is 15.0 Å². The standard InChI is InChI=1S/C16H12BrN3O/c17-13-7-3-1-5-11(13)9-20-16-12-6-2-4-8-15(12)21-10-14(16)18-19-20/h1-8H,9-10H2. The number of fused-ring (bicyclic) bond motifs is 3. The summed E-state index contributed by atoms with van der Waals surface area (Å²) in [6, 6.07) is 16.2. The van der Waals surface area contributed by atoms with Gasteiger partial charge in [-0.05, 0) is 23.8 Å². The van der Waals surface area contributed by atoms with Gasteiger partial charge in [-0.25, -0.2) is 4.68 Å². The minimum absolute atomic E-state index is 0.475. The first-order chi connectivity index (χ1) is 10.3. The van der Waals surface area contributed by atoms with Crippen molar-refractivity contribution < 1.29 is 4.74 Å². The van der Waals surface area contributed by atoms with E-state index in [2.05, 4.69) is 32.3 Å². The number of rotatable bonds is 2. The number of hydrogen-bond acceptors (Lipinski definition) is 3. The fraction of sp³-hybridized carbons (Fsp3) is 0.125. The molecule has 3 aromatic rings. The molecule has 0 N–H and O–H groups in total. The number of hydrogen-bond donors (Lipinski definition) is 0. The summed E-state index contributed by atoms with van der Waals surface area (Å²) in [6.45, 7) is 1.15. The van der Waals surface area contributed by atoms with E-state index in [1.54, 1.807) is 0 Å². The maximum Gasteiger partial charge on any atom is 0.134 e. The highest BCUT2D eigenvalue weighted by atomic mass is 79.9. The lowest BCUT2D eigenvalue weighted by Gasteiger charge is -2.18. The van der Waals surface area contributed by atoms with Crippen LogP contribution in [-0.2, 0) is 13.2 Å². The van der Waals surface area contributed by atoms with E-state index in [1.165, 1.54) is 5.56 Å². The molecule has 0 saturated carbocycles. The fourth-order valence-corrected chi connectivity index (χ4v) is 2.98. The molecule has 0 fully saturated rings. The first-order valence-corrected chi connectivity index (χ1v) is 7.50. The minimum Gasteiger partial charge on any atom is -0.486 e. The van der Waals surface area contributed by atoms with Crippen molar-refractivity contribution in [3.05, 3.63) is 64.3 Å². The summed E-state index contributed by atoms with van der Waals surface area (Å²) in [6.07, 6.45) is 0. The van der Waals surface area contributed by atoms with Gasteiger partial charge in [-0.1, -0.05) is 51.5 Å². The normalized spacial score (nSPS) is 12.4. The van der Waals surface area contributed by atoms with E-state index < -0.39 is 0 Å². The Morgan fingerprint density at radius 2 is 1.90 bits per heavy atom. The molecular formula is C16H12BrN3O. The van der Waals surface area contributed by atoms with E-state index in [0.717, 1.165) is 27.2 Å². The van der Waals surface area contributed by atoms with E-state index in [0.29, 0.717) is 13.2 Å². The van der Waals surface area contributed by atoms with Crippen molar-refractivity contribution in [3.8, 4) is 17.0 Å². The third-order valence-electron chi connectivity index (χ3n) is 3.59. The Morgan fingerprint density at radius 1 is 1.10 bits per heavy atom. The van der Waals surface area contributed by atoms with Crippen LogP contribution >= 0.6 is 15.9 Å². The molecule has 104 valence electrons. The van der Waals surface area contributed by atoms with Crippen LogP contribution < -0.4 is 4.74 Å². The summed E-state index contributed by atoms with van der Waals surface area (Å²) in [4.78, 5) is 0. The lowest BCUT2D eigenvalue weighted by atomic mass is 10.1. The van der Waals surface area contributed by atoms with Gasteiger partial charge >= 0.3 is 0 Å². The van der Waals surface area contributed by atoms with Gasteiger partial charge in [0.15, 0.2) is 0 Å². The van der Waals surface area contributed by atoms with Crippen molar-refractivity contribution in [1.82, 2.24) is 15.0 Å². The maximum atomic E-state index is 5.71. The molecule has 1 aromatic heterocycles. The van der Waals surface area contributed by atoms with Crippen LogP contribution in [0.5, 0.6) is 5.75 Å². The molecule has 4 rings (SSSR count). The van der Waals surface area contributed by atoms with Crippen molar-refractivity contribution in [2.75, 3.05) is 0 Å². The molecule has 0 aliphatic carbocycles. The largest absolute Gasteiger partial charge is 0.486 e. The van der Waals surface area contributed by atoms with Crippen LogP contribution in [0.2, 0.25) is 0 Å². The predicted octanol–water partition coefficient (Wildman–Crippen LogP) is 3.65. The van der Waals surface area contributed by atoms with Crippen LogP contribution in [0.15, 0.2) is 53.0 Å². The predicted molar refractivity (Wildman–Crippen MR) is 83.0 cm³/mol. The van der Waals surface area contributed by atoms with E-state index in [-0.39, 0.29) is 0 Å². The molecule has 0 spiro atoms. The zero-order valence-electron chi connectivity index (χ0n) is 11.2.